The van der Waals surface area contributed by atoms with Gasteiger partial charge in [-0.1, -0.05) is 24.3 Å². The molecule has 1 aromatic carbocycles. The fraction of sp³-hybridized carbons (Fsp3) is 0.300. The third-order valence-corrected chi connectivity index (χ3v) is 6.63. The van der Waals surface area contributed by atoms with Crippen LogP contribution in [-0.4, -0.2) is 36.5 Å². The van der Waals surface area contributed by atoms with Gasteiger partial charge in [0.1, 0.15) is 17.7 Å². The maximum atomic E-state index is 12.8. The Bertz CT molecular complexity index is 1300. The van der Waals surface area contributed by atoms with Crippen molar-refractivity contribution < 1.29 is 4.79 Å². The van der Waals surface area contributed by atoms with Crippen molar-refractivity contribution in [1.82, 2.24) is 24.1 Å². The molecule has 4 aromatic rings. The van der Waals surface area contributed by atoms with E-state index in [0.29, 0.717) is 18.7 Å². The van der Waals surface area contributed by atoms with Gasteiger partial charge in [-0.05, 0) is 37.0 Å². The van der Waals surface area contributed by atoms with Crippen LogP contribution in [0.3, 0.4) is 0 Å². The third-order valence-electron chi connectivity index (χ3n) is 5.52. The number of hydrogen-bond donors (Lipinski definition) is 0. The summed E-state index contributed by atoms with van der Waals surface area (Å²) in [4.78, 5) is 33.8. The highest BCUT2D eigenvalue weighted by Gasteiger charge is 2.23. The topological polar surface area (TPSA) is 72.5 Å². The first-order chi connectivity index (χ1) is 13.5. The second-order valence-electron chi connectivity index (χ2n) is 7.18. The zero-order valence-electron chi connectivity index (χ0n) is 15.7. The van der Waals surface area contributed by atoms with Gasteiger partial charge in [0.2, 0.25) is 5.91 Å². The molecule has 0 N–H and O–H groups in total. The van der Waals surface area contributed by atoms with Crippen molar-refractivity contribution in [2.75, 3.05) is 6.54 Å². The highest BCUT2D eigenvalue weighted by atomic mass is 32.1. The first-order valence-electron chi connectivity index (χ1n) is 9.21. The quantitative estimate of drug-likeness (QED) is 0.524. The molecule has 8 heteroatoms. The Balaban J connectivity index is 1.49. The second kappa shape index (κ2) is 6.27. The molecule has 0 aliphatic carbocycles. The van der Waals surface area contributed by atoms with Crippen LogP contribution < -0.4 is 5.69 Å². The van der Waals surface area contributed by atoms with Crippen molar-refractivity contribution in [3.05, 3.63) is 62.6 Å². The van der Waals surface area contributed by atoms with E-state index in [9.17, 15) is 9.59 Å². The Hall–Kier alpha value is -3.00. The predicted molar refractivity (Wildman–Crippen MR) is 108 cm³/mol. The first-order valence-corrected chi connectivity index (χ1v) is 10.0. The number of thiophene rings is 1. The largest absolute Gasteiger partial charge is 0.352 e. The van der Waals surface area contributed by atoms with Gasteiger partial charge in [-0.2, -0.15) is 0 Å². The van der Waals surface area contributed by atoms with E-state index < -0.39 is 0 Å². The molecule has 4 heterocycles. The van der Waals surface area contributed by atoms with Gasteiger partial charge >= 0.3 is 5.69 Å². The fourth-order valence-corrected chi connectivity index (χ4v) is 4.80. The van der Waals surface area contributed by atoms with E-state index >= 15 is 0 Å². The molecule has 1 aliphatic heterocycles. The summed E-state index contributed by atoms with van der Waals surface area (Å²) in [6, 6.07) is 8.17. The lowest BCUT2D eigenvalue weighted by Crippen LogP contribution is -2.39. The van der Waals surface area contributed by atoms with Gasteiger partial charge in [0.05, 0.1) is 5.39 Å². The van der Waals surface area contributed by atoms with Crippen molar-refractivity contribution in [2.45, 2.75) is 33.4 Å². The minimum Gasteiger partial charge on any atom is -0.336 e. The lowest BCUT2D eigenvalue weighted by molar-refractivity contribution is -0.133. The minimum absolute atomic E-state index is 0.0632. The summed E-state index contributed by atoms with van der Waals surface area (Å²) in [7, 11) is 0. The van der Waals surface area contributed by atoms with Gasteiger partial charge in [-0.25, -0.2) is 18.9 Å². The standard InChI is InChI=1S/C20H19N5O2S/c1-12-13(2)28-19-17(12)18-22-25(20(27)24(18)11-21-19)10-16(26)23-8-7-14-5-3-4-6-15(14)9-23/h3-6,11H,7-10H2,1-2H3. The number of aromatic nitrogens is 4. The molecule has 28 heavy (non-hydrogen) atoms. The molecule has 5 rings (SSSR count). The summed E-state index contributed by atoms with van der Waals surface area (Å²) in [5.41, 5.74) is 3.76. The van der Waals surface area contributed by atoms with Gasteiger partial charge in [0, 0.05) is 18.0 Å². The Kier molecular flexibility index (Phi) is 3.83. The molecule has 0 radical (unpaired) electrons. The van der Waals surface area contributed by atoms with Crippen LogP contribution in [-0.2, 0) is 24.3 Å². The molecular formula is C20H19N5O2S. The molecule has 0 unspecified atom stereocenters. The van der Waals surface area contributed by atoms with E-state index in [1.807, 2.05) is 26.0 Å². The summed E-state index contributed by atoms with van der Waals surface area (Å²) >= 11 is 1.59. The monoisotopic (exact) mass is 393 g/mol. The van der Waals surface area contributed by atoms with Crippen LogP contribution >= 0.6 is 11.3 Å². The average molecular weight is 393 g/mol. The van der Waals surface area contributed by atoms with E-state index in [-0.39, 0.29) is 18.1 Å². The van der Waals surface area contributed by atoms with Crippen molar-refractivity contribution in [3.63, 3.8) is 0 Å². The molecule has 142 valence electrons. The normalized spacial score (nSPS) is 14.0. The second-order valence-corrected chi connectivity index (χ2v) is 8.38. The van der Waals surface area contributed by atoms with Crippen molar-refractivity contribution in [1.29, 1.82) is 0 Å². The van der Waals surface area contributed by atoms with Crippen molar-refractivity contribution in [2.24, 2.45) is 0 Å². The third kappa shape index (κ3) is 2.56. The van der Waals surface area contributed by atoms with Crippen molar-refractivity contribution in [3.8, 4) is 0 Å². The molecule has 0 atom stereocenters. The summed E-state index contributed by atoms with van der Waals surface area (Å²) in [5, 5.41) is 5.37. The Labute approximate surface area is 164 Å². The maximum absolute atomic E-state index is 12.8. The number of hydrogen-bond acceptors (Lipinski definition) is 5. The number of carbonyl (C=O) groups is 1. The minimum atomic E-state index is -0.335. The van der Waals surface area contributed by atoms with Gasteiger partial charge < -0.3 is 4.90 Å². The van der Waals surface area contributed by atoms with Crippen LogP contribution in [0.15, 0.2) is 35.4 Å². The lowest BCUT2D eigenvalue weighted by Gasteiger charge is -2.28. The molecule has 1 aliphatic rings. The SMILES string of the molecule is Cc1sc2ncn3c(=O)n(CC(=O)N4CCc5ccccc5C4)nc3c2c1C. The zero-order valence-corrected chi connectivity index (χ0v) is 16.5. The molecule has 0 fully saturated rings. The first kappa shape index (κ1) is 17.1. The molecule has 0 saturated heterocycles. The zero-order chi connectivity index (χ0) is 19.4. The average Bonchev–Trinajstić information content (AvgIpc) is 3.17. The Morgan fingerprint density at radius 2 is 2.00 bits per heavy atom. The van der Waals surface area contributed by atoms with Crippen LogP contribution in [0.1, 0.15) is 21.6 Å². The number of fused-ring (bicyclic) bond motifs is 4. The van der Waals surface area contributed by atoms with Crippen LogP contribution in [0, 0.1) is 13.8 Å². The van der Waals surface area contributed by atoms with Crippen molar-refractivity contribution >= 4 is 33.1 Å². The highest BCUT2D eigenvalue weighted by Crippen LogP contribution is 2.30. The van der Waals surface area contributed by atoms with Gasteiger partial charge in [-0.15, -0.1) is 16.4 Å². The van der Waals surface area contributed by atoms with Crippen LogP contribution in [0.2, 0.25) is 0 Å². The predicted octanol–water partition coefficient (Wildman–Crippen LogP) is 2.31. The summed E-state index contributed by atoms with van der Waals surface area (Å²) < 4.78 is 2.69. The fourth-order valence-electron chi connectivity index (χ4n) is 3.81. The number of aryl methyl sites for hydroxylation is 2. The molecule has 0 bridgehead atoms. The maximum Gasteiger partial charge on any atom is 0.352 e. The van der Waals surface area contributed by atoms with Gasteiger partial charge in [0.15, 0.2) is 5.65 Å². The number of carbonyl (C=O) groups excluding carboxylic acids is 1. The van der Waals surface area contributed by atoms with E-state index in [4.69, 9.17) is 0 Å². The summed E-state index contributed by atoms with van der Waals surface area (Å²) in [6.07, 6.45) is 2.33. The summed E-state index contributed by atoms with van der Waals surface area (Å²) in [6.45, 7) is 5.21. The van der Waals surface area contributed by atoms with Gasteiger partial charge in [-0.3, -0.25) is 4.79 Å². The molecule has 7 nitrogen and oxygen atoms in total. The number of nitrogens with zero attached hydrogens (tertiary/aromatic N) is 5. The Morgan fingerprint density at radius 3 is 2.82 bits per heavy atom. The van der Waals surface area contributed by atoms with E-state index in [0.717, 1.165) is 27.1 Å². The molecule has 0 saturated carbocycles. The lowest BCUT2D eigenvalue weighted by atomic mass is 10.00. The van der Waals surface area contributed by atoms with Crippen LogP contribution in [0.25, 0.3) is 15.9 Å². The van der Waals surface area contributed by atoms with Crippen LogP contribution in [0.5, 0.6) is 0 Å². The van der Waals surface area contributed by atoms with E-state index in [1.54, 1.807) is 16.2 Å². The molecule has 0 spiro atoms. The molecular weight excluding hydrogens is 374 g/mol. The number of benzene rings is 1. The smallest absolute Gasteiger partial charge is 0.336 e. The number of rotatable bonds is 2. The number of amides is 1. The highest BCUT2D eigenvalue weighted by molar-refractivity contribution is 7.18. The van der Waals surface area contributed by atoms with E-state index in [1.165, 1.54) is 26.5 Å². The van der Waals surface area contributed by atoms with Gasteiger partial charge in [0.25, 0.3) is 0 Å². The van der Waals surface area contributed by atoms with E-state index in [2.05, 4.69) is 22.2 Å². The summed E-state index contributed by atoms with van der Waals surface area (Å²) in [5.74, 6) is -0.0950. The molecule has 1 amide bonds. The van der Waals surface area contributed by atoms with Crippen LogP contribution in [0.4, 0.5) is 0 Å². The molecule has 3 aromatic heterocycles. The Morgan fingerprint density at radius 1 is 1.21 bits per heavy atom.